The van der Waals surface area contributed by atoms with Gasteiger partial charge in [-0.2, -0.15) is 0 Å². The van der Waals surface area contributed by atoms with Gasteiger partial charge in [0.1, 0.15) is 12.4 Å². The molecule has 2 aromatic rings. The van der Waals surface area contributed by atoms with Gasteiger partial charge < -0.3 is 18.9 Å². The molecule has 0 aliphatic carbocycles. The van der Waals surface area contributed by atoms with Crippen molar-refractivity contribution >= 4 is 29.0 Å². The van der Waals surface area contributed by atoms with Crippen molar-refractivity contribution in [2.75, 3.05) is 34.5 Å². The van der Waals surface area contributed by atoms with Gasteiger partial charge in [0.2, 0.25) is 5.75 Å². The lowest BCUT2D eigenvalue weighted by molar-refractivity contribution is -0.123. The van der Waals surface area contributed by atoms with Crippen molar-refractivity contribution in [2.45, 2.75) is 6.92 Å². The summed E-state index contributed by atoms with van der Waals surface area (Å²) in [5, 5.41) is -0.327. The SMILES string of the molecule is COc1cc(/C=C2\SC(=O)N(CCOc3cccc(C)c3)C2=O)cc(OC)c1OC. The van der Waals surface area contributed by atoms with Gasteiger partial charge in [-0.1, -0.05) is 12.1 Å². The minimum atomic E-state index is -0.355. The molecule has 1 aliphatic heterocycles. The fourth-order valence-electron chi connectivity index (χ4n) is 2.99. The molecule has 158 valence electrons. The van der Waals surface area contributed by atoms with Gasteiger partial charge in [0.25, 0.3) is 11.1 Å². The predicted octanol–water partition coefficient (Wildman–Crippen LogP) is 4.14. The highest BCUT2D eigenvalue weighted by atomic mass is 32.2. The van der Waals surface area contributed by atoms with Crippen molar-refractivity contribution in [3.05, 3.63) is 52.4 Å². The molecular formula is C22H23NO6S. The quantitative estimate of drug-likeness (QED) is 0.584. The predicted molar refractivity (Wildman–Crippen MR) is 115 cm³/mol. The van der Waals surface area contributed by atoms with Crippen molar-refractivity contribution in [3.8, 4) is 23.0 Å². The molecule has 8 heteroatoms. The van der Waals surface area contributed by atoms with Gasteiger partial charge in [-0.25, -0.2) is 0 Å². The molecule has 0 radical (unpaired) electrons. The lowest BCUT2D eigenvalue weighted by Crippen LogP contribution is -2.32. The summed E-state index contributed by atoms with van der Waals surface area (Å²) in [5.41, 5.74) is 1.73. The third-order valence-corrected chi connectivity index (χ3v) is 5.34. The van der Waals surface area contributed by atoms with Gasteiger partial charge >= 0.3 is 0 Å². The zero-order chi connectivity index (χ0) is 21.7. The number of hydrogen-bond acceptors (Lipinski definition) is 7. The van der Waals surface area contributed by atoms with Crippen LogP contribution in [-0.4, -0.2) is 50.5 Å². The number of benzene rings is 2. The summed E-state index contributed by atoms with van der Waals surface area (Å²) in [7, 11) is 4.55. The number of nitrogens with zero attached hydrogens (tertiary/aromatic N) is 1. The van der Waals surface area contributed by atoms with Crippen LogP contribution in [0.5, 0.6) is 23.0 Å². The lowest BCUT2D eigenvalue weighted by atomic mass is 10.1. The Morgan fingerprint density at radius 3 is 2.30 bits per heavy atom. The van der Waals surface area contributed by atoms with Crippen molar-refractivity contribution in [2.24, 2.45) is 0 Å². The molecule has 0 spiro atoms. The van der Waals surface area contributed by atoms with Crippen LogP contribution in [0.25, 0.3) is 6.08 Å². The molecule has 1 heterocycles. The molecule has 7 nitrogen and oxygen atoms in total. The number of amides is 2. The Labute approximate surface area is 179 Å². The van der Waals surface area contributed by atoms with Gasteiger partial charge in [0.15, 0.2) is 11.5 Å². The van der Waals surface area contributed by atoms with Crippen LogP contribution < -0.4 is 18.9 Å². The molecule has 2 amide bonds. The van der Waals surface area contributed by atoms with E-state index in [0.717, 1.165) is 17.3 Å². The number of rotatable bonds is 8. The molecule has 1 fully saturated rings. The molecule has 0 bridgehead atoms. The van der Waals surface area contributed by atoms with Crippen LogP contribution in [0.15, 0.2) is 41.3 Å². The standard InChI is InChI=1S/C22H23NO6S/c1-14-6-5-7-16(10-14)29-9-8-23-21(24)19(30-22(23)25)13-15-11-17(26-2)20(28-4)18(12-15)27-3/h5-7,10-13H,8-9H2,1-4H3/b19-13-. The fraction of sp³-hybridized carbons (Fsp3) is 0.273. The minimum absolute atomic E-state index is 0.172. The fourth-order valence-corrected chi connectivity index (χ4v) is 3.85. The molecule has 30 heavy (non-hydrogen) atoms. The van der Waals surface area contributed by atoms with Crippen LogP contribution in [0, 0.1) is 6.92 Å². The van der Waals surface area contributed by atoms with Crippen LogP contribution in [0.1, 0.15) is 11.1 Å². The largest absolute Gasteiger partial charge is 0.493 e. The molecule has 0 saturated carbocycles. The molecule has 1 saturated heterocycles. The second-order valence-corrected chi connectivity index (χ2v) is 7.45. The monoisotopic (exact) mass is 429 g/mol. The number of hydrogen-bond donors (Lipinski definition) is 0. The smallest absolute Gasteiger partial charge is 0.293 e. The third kappa shape index (κ3) is 4.71. The Balaban J connectivity index is 1.73. The van der Waals surface area contributed by atoms with E-state index < -0.39 is 0 Å². The Morgan fingerprint density at radius 2 is 1.70 bits per heavy atom. The topological polar surface area (TPSA) is 74.3 Å². The Kier molecular flexibility index (Phi) is 6.89. The van der Waals surface area contributed by atoms with E-state index in [1.807, 2.05) is 31.2 Å². The number of imide groups is 1. The Hall–Kier alpha value is -3.13. The third-order valence-electron chi connectivity index (χ3n) is 4.43. The van der Waals surface area contributed by atoms with E-state index in [2.05, 4.69) is 0 Å². The summed E-state index contributed by atoms with van der Waals surface area (Å²) in [4.78, 5) is 26.6. The van der Waals surface area contributed by atoms with Crippen LogP contribution in [-0.2, 0) is 4.79 Å². The van der Waals surface area contributed by atoms with Crippen LogP contribution >= 0.6 is 11.8 Å². The van der Waals surface area contributed by atoms with Crippen molar-refractivity contribution < 1.29 is 28.5 Å². The molecule has 3 rings (SSSR count). The second-order valence-electron chi connectivity index (χ2n) is 6.46. The maximum absolute atomic E-state index is 12.7. The molecule has 0 N–H and O–H groups in total. The zero-order valence-electron chi connectivity index (χ0n) is 17.3. The first-order valence-corrected chi connectivity index (χ1v) is 10.0. The van der Waals surface area contributed by atoms with Gasteiger partial charge in [-0.05, 0) is 60.2 Å². The Bertz CT molecular complexity index is 962. The highest BCUT2D eigenvalue weighted by Gasteiger charge is 2.35. The zero-order valence-corrected chi connectivity index (χ0v) is 18.1. The molecule has 0 unspecified atom stereocenters. The summed E-state index contributed by atoms with van der Waals surface area (Å²) in [6.45, 7) is 2.36. The van der Waals surface area contributed by atoms with E-state index in [1.165, 1.54) is 26.2 Å². The number of ether oxygens (including phenoxy) is 4. The first kappa shape index (κ1) is 21.6. The van der Waals surface area contributed by atoms with E-state index in [-0.39, 0.29) is 24.3 Å². The number of thioether (sulfide) groups is 1. The normalized spacial score (nSPS) is 14.9. The average Bonchev–Trinajstić information content (AvgIpc) is 3.00. The number of carbonyl (C=O) groups is 2. The maximum atomic E-state index is 12.7. The van der Waals surface area contributed by atoms with Gasteiger partial charge in [0.05, 0.1) is 32.8 Å². The van der Waals surface area contributed by atoms with Gasteiger partial charge in [-0.3, -0.25) is 14.5 Å². The highest BCUT2D eigenvalue weighted by Crippen LogP contribution is 2.40. The van der Waals surface area contributed by atoms with E-state index in [4.69, 9.17) is 18.9 Å². The van der Waals surface area contributed by atoms with Gasteiger partial charge in [0, 0.05) is 0 Å². The molecular weight excluding hydrogens is 406 g/mol. The minimum Gasteiger partial charge on any atom is -0.493 e. The maximum Gasteiger partial charge on any atom is 0.293 e. The van der Waals surface area contributed by atoms with Crippen LogP contribution in [0.3, 0.4) is 0 Å². The molecule has 0 aromatic heterocycles. The van der Waals surface area contributed by atoms with Crippen molar-refractivity contribution in [3.63, 3.8) is 0 Å². The van der Waals surface area contributed by atoms with Crippen molar-refractivity contribution in [1.82, 2.24) is 4.90 Å². The van der Waals surface area contributed by atoms with Crippen molar-refractivity contribution in [1.29, 1.82) is 0 Å². The van der Waals surface area contributed by atoms with Crippen LogP contribution in [0.4, 0.5) is 4.79 Å². The summed E-state index contributed by atoms with van der Waals surface area (Å²) in [6, 6.07) is 11.0. The molecule has 0 atom stereocenters. The summed E-state index contributed by atoms with van der Waals surface area (Å²) >= 11 is 0.892. The van der Waals surface area contributed by atoms with E-state index in [9.17, 15) is 9.59 Å². The first-order valence-electron chi connectivity index (χ1n) is 9.21. The van der Waals surface area contributed by atoms with Crippen LogP contribution in [0.2, 0.25) is 0 Å². The first-order chi connectivity index (χ1) is 14.5. The highest BCUT2D eigenvalue weighted by molar-refractivity contribution is 8.18. The van der Waals surface area contributed by atoms with E-state index in [1.54, 1.807) is 18.2 Å². The molecule has 1 aliphatic rings. The number of aryl methyl sites for hydroxylation is 1. The van der Waals surface area contributed by atoms with E-state index in [0.29, 0.717) is 33.5 Å². The summed E-state index contributed by atoms with van der Waals surface area (Å²) in [6.07, 6.45) is 1.64. The number of methoxy groups -OCH3 is 3. The number of carbonyl (C=O) groups excluding carboxylic acids is 2. The second kappa shape index (κ2) is 9.58. The Morgan fingerprint density at radius 1 is 1.00 bits per heavy atom. The summed E-state index contributed by atoms with van der Waals surface area (Å²) < 4.78 is 21.6. The molecule has 2 aromatic carbocycles. The summed E-state index contributed by atoms with van der Waals surface area (Å²) in [5.74, 6) is 1.74. The lowest BCUT2D eigenvalue weighted by Gasteiger charge is -2.14. The average molecular weight is 429 g/mol. The van der Waals surface area contributed by atoms with Gasteiger partial charge in [-0.15, -0.1) is 0 Å². The van der Waals surface area contributed by atoms with E-state index >= 15 is 0 Å².